The van der Waals surface area contributed by atoms with Gasteiger partial charge in [-0.15, -0.1) is 10.2 Å². The maximum atomic E-state index is 11.8. The summed E-state index contributed by atoms with van der Waals surface area (Å²) in [4.78, 5) is 11.8. The van der Waals surface area contributed by atoms with E-state index in [1.54, 1.807) is 0 Å². The lowest BCUT2D eigenvalue weighted by molar-refractivity contribution is -0.142. The molecule has 1 aliphatic carbocycles. The van der Waals surface area contributed by atoms with Crippen molar-refractivity contribution < 1.29 is 9.53 Å². The third kappa shape index (κ3) is 5.76. The Balaban J connectivity index is 1.76. The zero-order chi connectivity index (χ0) is 15.8. The van der Waals surface area contributed by atoms with E-state index in [9.17, 15) is 4.79 Å². The first-order valence-corrected chi connectivity index (χ1v) is 9.82. The molecule has 0 aliphatic heterocycles. The van der Waals surface area contributed by atoms with Crippen LogP contribution in [0.3, 0.4) is 0 Å². The average Bonchev–Trinajstić information content (AvgIpc) is 2.95. The number of ether oxygens (including phenoxy) is 1. The molecule has 0 saturated heterocycles. The first-order valence-electron chi connectivity index (χ1n) is 8.12. The van der Waals surface area contributed by atoms with Gasteiger partial charge in [-0.2, -0.15) is 0 Å². The standard InChI is InChI=1S/C15H25N3O2S2/c1-3-4-10-20-13(19)11(2)21-15-18-17-14(22-15)16-12-8-6-5-7-9-12/h11-12H,3-10H2,1-2H3,(H,16,17). The van der Waals surface area contributed by atoms with Crippen molar-refractivity contribution in [3.63, 3.8) is 0 Å². The van der Waals surface area contributed by atoms with Crippen LogP contribution in [0.4, 0.5) is 5.13 Å². The van der Waals surface area contributed by atoms with Crippen LogP contribution in [0.5, 0.6) is 0 Å². The van der Waals surface area contributed by atoms with Crippen LogP contribution in [0, 0.1) is 0 Å². The molecule has 5 nitrogen and oxygen atoms in total. The van der Waals surface area contributed by atoms with Gasteiger partial charge >= 0.3 is 5.97 Å². The highest BCUT2D eigenvalue weighted by Crippen LogP contribution is 2.31. The molecule has 1 saturated carbocycles. The van der Waals surface area contributed by atoms with Gasteiger partial charge < -0.3 is 10.1 Å². The van der Waals surface area contributed by atoms with Gasteiger partial charge in [-0.3, -0.25) is 4.79 Å². The van der Waals surface area contributed by atoms with Crippen LogP contribution < -0.4 is 5.32 Å². The second kappa shape index (κ2) is 9.35. The minimum atomic E-state index is -0.243. The fourth-order valence-electron chi connectivity index (χ4n) is 2.37. The minimum absolute atomic E-state index is 0.171. The molecule has 0 aromatic carbocycles. The highest BCUT2D eigenvalue weighted by Gasteiger charge is 2.19. The number of anilines is 1. The molecule has 124 valence electrons. The molecule has 22 heavy (non-hydrogen) atoms. The van der Waals surface area contributed by atoms with Crippen LogP contribution in [-0.4, -0.2) is 34.1 Å². The Morgan fingerprint density at radius 3 is 2.91 bits per heavy atom. The predicted octanol–water partition coefficient (Wildman–Crippen LogP) is 4.11. The fraction of sp³-hybridized carbons (Fsp3) is 0.800. The first-order chi connectivity index (χ1) is 10.7. The predicted molar refractivity (Wildman–Crippen MR) is 91.6 cm³/mol. The molecule has 1 unspecified atom stereocenters. The highest BCUT2D eigenvalue weighted by atomic mass is 32.2. The zero-order valence-electron chi connectivity index (χ0n) is 13.3. The second-order valence-electron chi connectivity index (χ2n) is 5.63. The molecule has 0 spiro atoms. The van der Waals surface area contributed by atoms with Crippen LogP contribution in [0.1, 0.15) is 58.8 Å². The number of thioether (sulfide) groups is 1. The number of carbonyl (C=O) groups excluding carboxylic acids is 1. The number of esters is 1. The average molecular weight is 344 g/mol. The maximum Gasteiger partial charge on any atom is 0.319 e. The fourth-order valence-corrected chi connectivity index (χ4v) is 4.34. The maximum absolute atomic E-state index is 11.8. The number of hydrogen-bond donors (Lipinski definition) is 1. The van der Waals surface area contributed by atoms with E-state index in [2.05, 4.69) is 22.4 Å². The Morgan fingerprint density at radius 2 is 2.18 bits per heavy atom. The summed E-state index contributed by atoms with van der Waals surface area (Å²) in [5, 5.41) is 12.4. The lowest BCUT2D eigenvalue weighted by Crippen LogP contribution is -2.21. The number of nitrogens with one attached hydrogen (secondary N) is 1. The van der Waals surface area contributed by atoms with Gasteiger partial charge in [0.15, 0.2) is 4.34 Å². The van der Waals surface area contributed by atoms with Crippen LogP contribution >= 0.6 is 23.1 Å². The SMILES string of the molecule is CCCCOC(=O)C(C)Sc1nnc(NC2CCCCC2)s1. The molecule has 0 radical (unpaired) electrons. The molecular weight excluding hydrogens is 318 g/mol. The van der Waals surface area contributed by atoms with Gasteiger partial charge in [-0.05, 0) is 26.2 Å². The molecule has 1 aromatic rings. The number of rotatable bonds is 8. The van der Waals surface area contributed by atoms with E-state index in [0.717, 1.165) is 22.3 Å². The summed E-state index contributed by atoms with van der Waals surface area (Å²) in [6.45, 7) is 4.44. The van der Waals surface area contributed by atoms with Crippen LogP contribution in [0.2, 0.25) is 0 Å². The Morgan fingerprint density at radius 1 is 1.41 bits per heavy atom. The normalized spacial score (nSPS) is 17.2. The van der Waals surface area contributed by atoms with Gasteiger partial charge in [0, 0.05) is 6.04 Å². The van der Waals surface area contributed by atoms with Gasteiger partial charge in [0.2, 0.25) is 5.13 Å². The van der Waals surface area contributed by atoms with E-state index < -0.39 is 0 Å². The lowest BCUT2D eigenvalue weighted by Gasteiger charge is -2.21. The second-order valence-corrected chi connectivity index (χ2v) is 8.20. The summed E-state index contributed by atoms with van der Waals surface area (Å²) >= 11 is 2.95. The van der Waals surface area contributed by atoms with Crippen LogP contribution in [0.25, 0.3) is 0 Å². The molecule has 1 fully saturated rings. The highest BCUT2D eigenvalue weighted by molar-refractivity contribution is 8.02. The molecule has 1 aliphatic rings. The summed E-state index contributed by atoms with van der Waals surface area (Å²) in [6, 6.07) is 0.524. The summed E-state index contributed by atoms with van der Waals surface area (Å²) in [7, 11) is 0. The monoisotopic (exact) mass is 343 g/mol. The molecular formula is C15H25N3O2S2. The van der Waals surface area contributed by atoms with Crippen molar-refractivity contribution in [3.8, 4) is 0 Å². The Kier molecular flexibility index (Phi) is 7.45. The quantitative estimate of drug-likeness (QED) is 0.435. The largest absolute Gasteiger partial charge is 0.465 e. The topological polar surface area (TPSA) is 64.1 Å². The van der Waals surface area contributed by atoms with Crippen molar-refractivity contribution in [3.05, 3.63) is 0 Å². The Hall–Kier alpha value is -0.820. The van der Waals surface area contributed by atoms with Crippen molar-refractivity contribution in [2.75, 3.05) is 11.9 Å². The number of unbranched alkanes of at least 4 members (excludes halogenated alkanes) is 1. The minimum Gasteiger partial charge on any atom is -0.465 e. The zero-order valence-corrected chi connectivity index (χ0v) is 15.0. The van der Waals surface area contributed by atoms with Gasteiger partial charge in [-0.1, -0.05) is 55.7 Å². The van der Waals surface area contributed by atoms with E-state index in [1.165, 1.54) is 55.2 Å². The van der Waals surface area contributed by atoms with Gasteiger partial charge in [0.05, 0.1) is 6.61 Å². The third-order valence-corrected chi connectivity index (χ3v) is 5.71. The van der Waals surface area contributed by atoms with Crippen molar-refractivity contribution in [2.45, 2.75) is 74.4 Å². The van der Waals surface area contributed by atoms with Gasteiger partial charge in [0.1, 0.15) is 5.25 Å². The van der Waals surface area contributed by atoms with Crippen molar-refractivity contribution in [1.29, 1.82) is 0 Å². The summed E-state index contributed by atoms with van der Waals surface area (Å²) in [5.41, 5.74) is 0. The van der Waals surface area contributed by atoms with Gasteiger partial charge in [-0.25, -0.2) is 0 Å². The first kappa shape index (κ1) is 17.5. The smallest absolute Gasteiger partial charge is 0.319 e. The van der Waals surface area contributed by atoms with E-state index in [4.69, 9.17) is 4.74 Å². The Labute approximate surface area is 140 Å². The number of hydrogen-bond acceptors (Lipinski definition) is 7. The van der Waals surface area contributed by atoms with Crippen molar-refractivity contribution in [1.82, 2.24) is 10.2 Å². The third-order valence-electron chi connectivity index (χ3n) is 3.69. The molecule has 1 aromatic heterocycles. The van der Waals surface area contributed by atoms with E-state index in [0.29, 0.717) is 12.6 Å². The van der Waals surface area contributed by atoms with Crippen molar-refractivity contribution >= 4 is 34.2 Å². The number of carbonyl (C=O) groups is 1. The van der Waals surface area contributed by atoms with E-state index in [-0.39, 0.29) is 11.2 Å². The summed E-state index contributed by atoms with van der Waals surface area (Å²) in [5.74, 6) is -0.171. The molecule has 2 rings (SSSR count). The summed E-state index contributed by atoms with van der Waals surface area (Å²) in [6.07, 6.45) is 8.29. The van der Waals surface area contributed by atoms with Crippen LogP contribution in [0.15, 0.2) is 4.34 Å². The van der Waals surface area contributed by atoms with Crippen molar-refractivity contribution in [2.24, 2.45) is 0 Å². The van der Waals surface area contributed by atoms with Crippen LogP contribution in [-0.2, 0) is 9.53 Å². The van der Waals surface area contributed by atoms with Gasteiger partial charge in [0.25, 0.3) is 0 Å². The number of aromatic nitrogens is 2. The molecule has 0 bridgehead atoms. The number of nitrogens with zero attached hydrogens (tertiary/aromatic N) is 2. The molecule has 7 heteroatoms. The Bertz CT molecular complexity index is 461. The molecule has 1 heterocycles. The molecule has 1 N–H and O–H groups in total. The lowest BCUT2D eigenvalue weighted by atomic mass is 9.96. The molecule has 1 atom stereocenters. The van der Waals surface area contributed by atoms with E-state index >= 15 is 0 Å². The molecule has 0 amide bonds. The summed E-state index contributed by atoms with van der Waals surface area (Å²) < 4.78 is 6.04. The van der Waals surface area contributed by atoms with E-state index in [1.807, 2.05) is 6.92 Å².